The summed E-state index contributed by atoms with van der Waals surface area (Å²) in [5.41, 5.74) is 1.73. The molecule has 164 valence electrons. The number of thioether (sulfide) groups is 1. The second-order valence-corrected chi connectivity index (χ2v) is 9.31. The van der Waals surface area contributed by atoms with Gasteiger partial charge in [0.2, 0.25) is 5.91 Å². The molecule has 3 aromatic rings. The Morgan fingerprint density at radius 3 is 2.36 bits per heavy atom. The third-order valence-corrected chi connectivity index (χ3v) is 6.75. The summed E-state index contributed by atoms with van der Waals surface area (Å²) in [5, 5.41) is 12.3. The van der Waals surface area contributed by atoms with Gasteiger partial charge in [-0.15, -0.1) is 0 Å². The Labute approximate surface area is 203 Å². The van der Waals surface area contributed by atoms with Crippen molar-refractivity contribution in [3.63, 3.8) is 0 Å². The zero-order chi connectivity index (χ0) is 23.4. The molecule has 0 unspecified atom stereocenters. The largest absolute Gasteiger partial charge is 0.321 e. The van der Waals surface area contributed by atoms with Crippen molar-refractivity contribution in [1.82, 2.24) is 0 Å². The van der Waals surface area contributed by atoms with E-state index in [1.165, 1.54) is 17.0 Å². The van der Waals surface area contributed by atoms with Gasteiger partial charge in [0, 0.05) is 15.8 Å². The summed E-state index contributed by atoms with van der Waals surface area (Å²) in [4.78, 5) is 27.8. The van der Waals surface area contributed by atoms with E-state index in [0.29, 0.717) is 17.8 Å². The van der Waals surface area contributed by atoms with Crippen molar-refractivity contribution in [2.45, 2.75) is 11.7 Å². The summed E-state index contributed by atoms with van der Waals surface area (Å²) < 4.78 is 14.1. The van der Waals surface area contributed by atoms with Crippen LogP contribution in [0.2, 0.25) is 0 Å². The summed E-state index contributed by atoms with van der Waals surface area (Å²) in [7, 11) is 0. The highest BCUT2D eigenvalue weighted by Gasteiger charge is 2.40. The molecule has 3 aromatic carbocycles. The van der Waals surface area contributed by atoms with Gasteiger partial charge in [0.05, 0.1) is 5.25 Å². The predicted molar refractivity (Wildman–Crippen MR) is 131 cm³/mol. The SMILES string of the molecule is N#C/C(C(=O)Nc1ccccc1)=C1/S[C@@H](Cc2ccc(F)cc2)C(=O)N1c1ccc(Br)cc1. The number of para-hydroxylation sites is 1. The van der Waals surface area contributed by atoms with Gasteiger partial charge in [-0.05, 0) is 60.5 Å². The minimum absolute atomic E-state index is 0.151. The monoisotopic (exact) mass is 521 g/mol. The lowest BCUT2D eigenvalue weighted by Gasteiger charge is -2.19. The fraction of sp³-hybridized carbons (Fsp3) is 0.0800. The number of rotatable bonds is 5. The van der Waals surface area contributed by atoms with Gasteiger partial charge in [0.1, 0.15) is 22.5 Å². The Hall–Kier alpha value is -3.41. The maximum absolute atomic E-state index is 13.4. The minimum Gasteiger partial charge on any atom is -0.321 e. The van der Waals surface area contributed by atoms with Gasteiger partial charge < -0.3 is 5.32 Å². The molecule has 2 amide bonds. The lowest BCUT2D eigenvalue weighted by atomic mass is 10.1. The number of carbonyl (C=O) groups is 2. The maximum atomic E-state index is 13.4. The van der Waals surface area contributed by atoms with Crippen LogP contribution in [0.5, 0.6) is 0 Å². The van der Waals surface area contributed by atoms with Gasteiger partial charge in [-0.25, -0.2) is 4.39 Å². The summed E-state index contributed by atoms with van der Waals surface area (Å²) in [6, 6.07) is 23.8. The topological polar surface area (TPSA) is 73.2 Å². The quantitative estimate of drug-likeness (QED) is 0.347. The first-order valence-corrected chi connectivity index (χ1v) is 11.6. The van der Waals surface area contributed by atoms with Crippen LogP contribution in [0.25, 0.3) is 0 Å². The molecule has 1 fully saturated rings. The number of anilines is 2. The summed E-state index contributed by atoms with van der Waals surface area (Å²) >= 11 is 4.55. The van der Waals surface area contributed by atoms with Crippen LogP contribution in [-0.2, 0) is 16.0 Å². The predicted octanol–water partition coefficient (Wildman–Crippen LogP) is 5.65. The van der Waals surface area contributed by atoms with Crippen LogP contribution in [0.1, 0.15) is 5.56 Å². The van der Waals surface area contributed by atoms with E-state index in [9.17, 15) is 19.2 Å². The third kappa shape index (κ3) is 5.16. The second kappa shape index (κ2) is 10.0. The number of hydrogen-bond donors (Lipinski definition) is 1. The summed E-state index contributed by atoms with van der Waals surface area (Å²) in [6.07, 6.45) is 0.333. The Morgan fingerprint density at radius 2 is 1.73 bits per heavy atom. The number of carbonyl (C=O) groups excluding carboxylic acids is 2. The Morgan fingerprint density at radius 1 is 1.06 bits per heavy atom. The standard InChI is InChI=1S/C25H17BrFN3O2S/c26-17-8-12-20(13-9-17)30-24(32)22(14-16-6-10-18(27)11-7-16)33-25(30)21(15-28)23(31)29-19-4-2-1-3-5-19/h1-13,22H,14H2,(H,29,31)/b25-21-/t22-/m0/s1. The molecule has 1 heterocycles. The molecule has 0 spiro atoms. The van der Waals surface area contributed by atoms with Gasteiger partial charge in [-0.1, -0.05) is 58.0 Å². The molecule has 0 radical (unpaired) electrons. The highest BCUT2D eigenvalue weighted by Crippen LogP contribution is 2.42. The average Bonchev–Trinajstić information content (AvgIpc) is 3.12. The molecule has 1 aliphatic rings. The molecule has 4 rings (SSSR count). The fourth-order valence-corrected chi connectivity index (χ4v) is 4.93. The average molecular weight is 522 g/mol. The van der Waals surface area contributed by atoms with E-state index in [-0.39, 0.29) is 22.3 Å². The van der Waals surface area contributed by atoms with Crippen LogP contribution >= 0.6 is 27.7 Å². The van der Waals surface area contributed by atoms with Crippen molar-refractivity contribution in [2.75, 3.05) is 10.2 Å². The van der Waals surface area contributed by atoms with Crippen LogP contribution in [0.4, 0.5) is 15.8 Å². The molecule has 1 aliphatic heterocycles. The van der Waals surface area contributed by atoms with Crippen molar-refractivity contribution in [2.24, 2.45) is 0 Å². The van der Waals surface area contributed by atoms with Crippen molar-refractivity contribution in [3.05, 3.63) is 105 Å². The molecule has 5 nitrogen and oxygen atoms in total. The number of nitriles is 1. The van der Waals surface area contributed by atoms with Crippen LogP contribution in [0.15, 0.2) is 93.9 Å². The van der Waals surface area contributed by atoms with Gasteiger partial charge in [0.25, 0.3) is 5.91 Å². The number of halogens is 2. The van der Waals surface area contributed by atoms with E-state index >= 15 is 0 Å². The van der Waals surface area contributed by atoms with Crippen LogP contribution in [-0.4, -0.2) is 17.1 Å². The number of hydrogen-bond acceptors (Lipinski definition) is 4. The molecular weight excluding hydrogens is 505 g/mol. The fourth-order valence-electron chi connectivity index (χ4n) is 3.36. The minimum atomic E-state index is -0.594. The molecule has 1 atom stereocenters. The van der Waals surface area contributed by atoms with Crippen molar-refractivity contribution in [3.8, 4) is 6.07 Å². The second-order valence-electron chi connectivity index (χ2n) is 7.20. The van der Waals surface area contributed by atoms with Gasteiger partial charge in [-0.2, -0.15) is 5.26 Å². The normalized spacial score (nSPS) is 16.9. The van der Waals surface area contributed by atoms with Crippen LogP contribution < -0.4 is 10.2 Å². The summed E-state index contributed by atoms with van der Waals surface area (Å²) in [5.74, 6) is -1.20. The molecule has 0 aromatic heterocycles. The first-order valence-electron chi connectivity index (χ1n) is 9.97. The Bertz CT molecular complexity index is 1260. The molecule has 33 heavy (non-hydrogen) atoms. The lowest BCUT2D eigenvalue weighted by molar-refractivity contribution is -0.117. The smallest absolute Gasteiger partial charge is 0.269 e. The zero-order valence-electron chi connectivity index (χ0n) is 17.2. The van der Waals surface area contributed by atoms with E-state index in [4.69, 9.17) is 0 Å². The van der Waals surface area contributed by atoms with Crippen LogP contribution in [0, 0.1) is 17.1 Å². The molecule has 0 aliphatic carbocycles. The molecule has 0 saturated carbocycles. The number of nitrogens with zero attached hydrogens (tertiary/aromatic N) is 2. The zero-order valence-corrected chi connectivity index (χ0v) is 19.6. The van der Waals surface area contributed by atoms with Gasteiger partial charge >= 0.3 is 0 Å². The first-order chi connectivity index (χ1) is 16.0. The highest BCUT2D eigenvalue weighted by molar-refractivity contribution is 9.10. The Balaban J connectivity index is 1.72. The highest BCUT2D eigenvalue weighted by atomic mass is 79.9. The number of benzene rings is 3. The van der Waals surface area contributed by atoms with Gasteiger partial charge in [-0.3, -0.25) is 14.5 Å². The summed E-state index contributed by atoms with van der Waals surface area (Å²) in [6.45, 7) is 0. The molecule has 1 N–H and O–H groups in total. The van der Waals surface area contributed by atoms with Crippen molar-refractivity contribution >= 4 is 50.9 Å². The van der Waals surface area contributed by atoms with E-state index in [1.807, 2.05) is 12.1 Å². The van der Waals surface area contributed by atoms with Crippen LogP contribution in [0.3, 0.4) is 0 Å². The number of amides is 2. The molecular formula is C25H17BrFN3O2S. The van der Waals surface area contributed by atoms with E-state index in [0.717, 1.165) is 21.8 Å². The van der Waals surface area contributed by atoms with Crippen molar-refractivity contribution in [1.29, 1.82) is 5.26 Å². The molecule has 0 bridgehead atoms. The number of nitrogens with one attached hydrogen (secondary N) is 1. The lowest BCUT2D eigenvalue weighted by Crippen LogP contribution is -2.30. The maximum Gasteiger partial charge on any atom is 0.269 e. The van der Waals surface area contributed by atoms with Gasteiger partial charge in [0.15, 0.2) is 0 Å². The first kappa shape index (κ1) is 22.8. The van der Waals surface area contributed by atoms with E-state index < -0.39 is 11.2 Å². The molecule has 1 saturated heterocycles. The van der Waals surface area contributed by atoms with E-state index in [1.54, 1.807) is 60.7 Å². The third-order valence-electron chi connectivity index (χ3n) is 4.96. The molecule has 8 heteroatoms. The van der Waals surface area contributed by atoms with E-state index in [2.05, 4.69) is 21.2 Å². The van der Waals surface area contributed by atoms with Crippen molar-refractivity contribution < 1.29 is 14.0 Å². The Kier molecular flexibility index (Phi) is 6.92.